The average Bonchev–Trinajstić information content (AvgIpc) is 2.54. The second kappa shape index (κ2) is 8.86. The van der Waals surface area contributed by atoms with Crippen LogP contribution in [0, 0.1) is 0 Å². The first-order valence-corrected chi connectivity index (χ1v) is 9.55. The number of nitrogens with zero attached hydrogens (tertiary/aromatic N) is 1. The highest BCUT2D eigenvalue weighted by Gasteiger charge is 2.23. The van der Waals surface area contributed by atoms with Gasteiger partial charge in [0.25, 0.3) is 5.91 Å². The molecule has 128 valence electrons. The summed E-state index contributed by atoms with van der Waals surface area (Å²) in [5.74, 6) is 0.176. The van der Waals surface area contributed by atoms with Crippen molar-refractivity contribution in [3.63, 3.8) is 0 Å². The number of amides is 1. The molecule has 2 aliphatic carbocycles. The van der Waals surface area contributed by atoms with E-state index < -0.39 is 0 Å². The van der Waals surface area contributed by atoms with E-state index in [-0.39, 0.29) is 5.91 Å². The second-order valence-electron chi connectivity index (χ2n) is 7.06. The molecule has 0 bridgehead atoms. The van der Waals surface area contributed by atoms with E-state index >= 15 is 0 Å². The fourth-order valence-electron chi connectivity index (χ4n) is 3.91. The SMILES string of the molecule is O=C(C1=C/C=C\C=C/C=C\1)N1CCCC(=C2CCCCCCC2)C1. The monoisotopic (exact) mass is 323 g/mol. The molecule has 3 aliphatic rings. The maximum absolute atomic E-state index is 12.9. The second-order valence-corrected chi connectivity index (χ2v) is 7.06. The predicted octanol–water partition coefficient (Wildman–Crippen LogP) is 5.26. The van der Waals surface area contributed by atoms with Gasteiger partial charge in [0.2, 0.25) is 0 Å². The van der Waals surface area contributed by atoms with Crippen LogP contribution in [0.3, 0.4) is 0 Å². The highest BCUT2D eigenvalue weighted by Crippen LogP contribution is 2.29. The molecule has 0 unspecified atom stereocenters. The Balaban J connectivity index is 1.71. The number of hydrogen-bond donors (Lipinski definition) is 0. The highest BCUT2D eigenvalue weighted by molar-refractivity contribution is 5.96. The summed E-state index contributed by atoms with van der Waals surface area (Å²) in [5, 5.41) is 0. The van der Waals surface area contributed by atoms with Gasteiger partial charge in [0.05, 0.1) is 0 Å². The van der Waals surface area contributed by atoms with E-state index in [1.165, 1.54) is 51.4 Å². The van der Waals surface area contributed by atoms with E-state index in [4.69, 9.17) is 0 Å². The molecule has 0 aromatic carbocycles. The van der Waals surface area contributed by atoms with Crippen molar-refractivity contribution in [3.05, 3.63) is 59.3 Å². The Morgan fingerprint density at radius 1 is 0.750 bits per heavy atom. The van der Waals surface area contributed by atoms with Gasteiger partial charge in [0.1, 0.15) is 0 Å². The van der Waals surface area contributed by atoms with Crippen LogP contribution in [0.1, 0.15) is 57.8 Å². The van der Waals surface area contributed by atoms with Crippen LogP contribution < -0.4 is 0 Å². The number of carbonyl (C=O) groups excluding carboxylic acids is 1. The molecule has 0 aromatic heterocycles. The Morgan fingerprint density at radius 2 is 1.42 bits per heavy atom. The zero-order chi connectivity index (χ0) is 16.6. The summed E-state index contributed by atoms with van der Waals surface area (Å²) >= 11 is 0. The van der Waals surface area contributed by atoms with Gasteiger partial charge in [-0.05, 0) is 50.7 Å². The molecule has 0 N–H and O–H groups in total. The molecule has 2 fully saturated rings. The Labute approximate surface area is 146 Å². The van der Waals surface area contributed by atoms with Crippen LogP contribution in [0.15, 0.2) is 59.3 Å². The molecular formula is C22H29NO. The molecule has 0 radical (unpaired) electrons. The molecule has 2 nitrogen and oxygen atoms in total. The van der Waals surface area contributed by atoms with Crippen molar-refractivity contribution in [2.24, 2.45) is 0 Å². The number of likely N-dealkylation sites (tertiary alicyclic amines) is 1. The summed E-state index contributed by atoms with van der Waals surface area (Å²) in [4.78, 5) is 15.0. The van der Waals surface area contributed by atoms with Gasteiger partial charge in [-0.15, -0.1) is 0 Å². The smallest absolute Gasteiger partial charge is 0.254 e. The summed E-state index contributed by atoms with van der Waals surface area (Å²) in [7, 11) is 0. The fourth-order valence-corrected chi connectivity index (χ4v) is 3.91. The zero-order valence-electron chi connectivity index (χ0n) is 14.7. The Bertz CT molecular complexity index is 593. The highest BCUT2D eigenvalue weighted by atomic mass is 16.2. The minimum atomic E-state index is 0.176. The molecule has 3 rings (SSSR count). The summed E-state index contributed by atoms with van der Waals surface area (Å²) in [6.07, 6.45) is 25.3. The van der Waals surface area contributed by atoms with Gasteiger partial charge in [-0.3, -0.25) is 4.79 Å². The van der Waals surface area contributed by atoms with Crippen molar-refractivity contribution in [2.45, 2.75) is 57.8 Å². The lowest BCUT2D eigenvalue weighted by molar-refractivity contribution is -0.126. The number of rotatable bonds is 1. The normalized spacial score (nSPS) is 28.7. The van der Waals surface area contributed by atoms with Crippen molar-refractivity contribution in [2.75, 3.05) is 13.1 Å². The summed E-state index contributed by atoms with van der Waals surface area (Å²) < 4.78 is 0. The Hall–Kier alpha value is -1.83. The largest absolute Gasteiger partial charge is 0.335 e. The van der Waals surface area contributed by atoms with Crippen LogP contribution in [0.2, 0.25) is 0 Å². The first-order valence-electron chi connectivity index (χ1n) is 9.55. The first kappa shape index (κ1) is 17.0. The Kier molecular flexibility index (Phi) is 6.28. The molecule has 1 aliphatic heterocycles. The van der Waals surface area contributed by atoms with Crippen LogP contribution in [0.25, 0.3) is 0 Å². The number of allylic oxidation sites excluding steroid dienone is 7. The van der Waals surface area contributed by atoms with Crippen LogP contribution >= 0.6 is 0 Å². The summed E-state index contributed by atoms with van der Waals surface area (Å²) in [5.41, 5.74) is 4.01. The van der Waals surface area contributed by atoms with Crippen LogP contribution in [-0.2, 0) is 4.79 Å². The number of piperidine rings is 1. The van der Waals surface area contributed by atoms with Crippen molar-refractivity contribution in [1.29, 1.82) is 0 Å². The van der Waals surface area contributed by atoms with Gasteiger partial charge in [-0.2, -0.15) is 0 Å². The molecule has 1 saturated carbocycles. The standard InChI is InChI=1S/C22H29NO/c24-22(20-14-9-5-2-6-10-15-20)23-17-11-16-21(18-23)19-12-7-3-1-4-8-13-19/h2,5-6,9-10,14-15H,1,3-4,7-8,11-13,16-18H2/b5-2-,6-2?,9-5?,10-6-,14-9-,15-10?,20-14?,20-15+. The van der Waals surface area contributed by atoms with Gasteiger partial charge in [-0.25, -0.2) is 0 Å². The fraction of sp³-hybridized carbons (Fsp3) is 0.500. The average molecular weight is 323 g/mol. The lowest BCUT2D eigenvalue weighted by atomic mass is 9.89. The predicted molar refractivity (Wildman–Crippen MR) is 101 cm³/mol. The van der Waals surface area contributed by atoms with Gasteiger partial charge < -0.3 is 4.90 Å². The van der Waals surface area contributed by atoms with Gasteiger partial charge in [-0.1, -0.05) is 60.8 Å². The zero-order valence-corrected chi connectivity index (χ0v) is 14.7. The van der Waals surface area contributed by atoms with E-state index in [0.717, 1.165) is 25.1 Å². The van der Waals surface area contributed by atoms with Gasteiger partial charge in [0.15, 0.2) is 0 Å². The third kappa shape index (κ3) is 4.59. The molecular weight excluding hydrogens is 294 g/mol. The molecule has 1 amide bonds. The number of hydrogen-bond acceptors (Lipinski definition) is 1. The van der Waals surface area contributed by atoms with Crippen molar-refractivity contribution < 1.29 is 4.79 Å². The van der Waals surface area contributed by atoms with E-state index in [1.54, 1.807) is 11.1 Å². The van der Waals surface area contributed by atoms with E-state index in [0.29, 0.717) is 0 Å². The summed E-state index contributed by atoms with van der Waals surface area (Å²) in [6, 6.07) is 0. The quantitative estimate of drug-likeness (QED) is 0.603. The molecule has 1 saturated heterocycles. The van der Waals surface area contributed by atoms with Crippen LogP contribution in [0.4, 0.5) is 0 Å². The molecule has 24 heavy (non-hydrogen) atoms. The minimum absolute atomic E-state index is 0.176. The van der Waals surface area contributed by atoms with Crippen molar-refractivity contribution >= 4 is 5.91 Å². The van der Waals surface area contributed by atoms with Crippen molar-refractivity contribution in [3.8, 4) is 0 Å². The maximum Gasteiger partial charge on any atom is 0.254 e. The minimum Gasteiger partial charge on any atom is -0.335 e. The maximum atomic E-state index is 12.9. The van der Waals surface area contributed by atoms with Crippen LogP contribution in [0.5, 0.6) is 0 Å². The molecule has 2 heteroatoms. The Morgan fingerprint density at radius 3 is 2.25 bits per heavy atom. The molecule has 1 heterocycles. The first-order chi connectivity index (χ1) is 11.8. The lowest BCUT2D eigenvalue weighted by Crippen LogP contribution is -2.37. The van der Waals surface area contributed by atoms with Crippen molar-refractivity contribution in [1.82, 2.24) is 4.90 Å². The summed E-state index contributed by atoms with van der Waals surface area (Å²) in [6.45, 7) is 1.74. The van der Waals surface area contributed by atoms with E-state index in [1.807, 2.05) is 42.5 Å². The van der Waals surface area contributed by atoms with E-state index in [9.17, 15) is 4.79 Å². The molecule has 0 spiro atoms. The number of carbonyl (C=O) groups is 1. The van der Waals surface area contributed by atoms with E-state index in [2.05, 4.69) is 4.90 Å². The van der Waals surface area contributed by atoms with Gasteiger partial charge >= 0.3 is 0 Å². The third-order valence-corrected chi connectivity index (χ3v) is 5.28. The third-order valence-electron chi connectivity index (χ3n) is 5.28. The topological polar surface area (TPSA) is 20.3 Å². The van der Waals surface area contributed by atoms with Crippen LogP contribution in [-0.4, -0.2) is 23.9 Å². The van der Waals surface area contributed by atoms with Gasteiger partial charge in [0, 0.05) is 18.7 Å². The molecule has 0 atom stereocenters. The lowest BCUT2D eigenvalue weighted by Gasteiger charge is -2.31. The molecule has 0 aromatic rings.